The maximum absolute atomic E-state index is 9.10. The highest BCUT2D eigenvalue weighted by molar-refractivity contribution is 4.77. The largest absolute Gasteiger partial charge is 0.393 e. The van der Waals surface area contributed by atoms with Gasteiger partial charge in [-0.25, -0.2) is 0 Å². The Labute approximate surface area is 127 Å². The normalized spacial score (nSPS) is 20.6. The average molecular weight is 287 g/mol. The van der Waals surface area contributed by atoms with E-state index in [-0.39, 0.29) is 6.10 Å². The van der Waals surface area contributed by atoms with E-state index in [0.717, 1.165) is 38.5 Å². The predicted molar refractivity (Wildman–Crippen MR) is 89.3 cm³/mol. The number of rotatable bonds is 4. The molecule has 3 nitrogen and oxygen atoms in total. The lowest BCUT2D eigenvalue weighted by molar-refractivity contribution is 0.0852. The summed E-state index contributed by atoms with van der Waals surface area (Å²) in [4.78, 5) is 4.86. The summed E-state index contributed by atoms with van der Waals surface area (Å²) in [6, 6.07) is 0.935. The molecule has 0 amide bonds. The van der Waals surface area contributed by atoms with Gasteiger partial charge in [0.25, 0.3) is 0 Å². The maximum Gasteiger partial charge on any atom is 0.0564 e. The fourth-order valence-corrected chi connectivity index (χ4v) is 2.60. The molecule has 0 spiro atoms. The Bertz CT molecular complexity index is 199. The van der Waals surface area contributed by atoms with Crippen LogP contribution in [0, 0.1) is 0 Å². The topological polar surface area (TPSA) is 26.7 Å². The van der Waals surface area contributed by atoms with Gasteiger partial charge in [0, 0.05) is 19.1 Å². The van der Waals surface area contributed by atoms with E-state index in [4.69, 9.17) is 5.11 Å². The van der Waals surface area contributed by atoms with E-state index in [9.17, 15) is 0 Å². The second-order valence-electron chi connectivity index (χ2n) is 5.73. The summed E-state index contributed by atoms with van der Waals surface area (Å²) >= 11 is 0. The summed E-state index contributed by atoms with van der Waals surface area (Å²) in [7, 11) is 2.24. The minimum Gasteiger partial charge on any atom is -0.393 e. The van der Waals surface area contributed by atoms with Gasteiger partial charge in [0.1, 0.15) is 0 Å². The monoisotopic (exact) mass is 286 g/mol. The minimum absolute atomic E-state index is 0.0206. The van der Waals surface area contributed by atoms with E-state index in [1.54, 1.807) is 0 Å². The van der Waals surface area contributed by atoms with Crippen LogP contribution in [0.15, 0.2) is 0 Å². The Morgan fingerprint density at radius 2 is 1.60 bits per heavy atom. The van der Waals surface area contributed by atoms with Crippen LogP contribution in [0.5, 0.6) is 0 Å². The maximum atomic E-state index is 9.10. The molecule has 0 radical (unpaired) electrons. The summed E-state index contributed by atoms with van der Waals surface area (Å²) in [5.74, 6) is 0. The molecular weight excluding hydrogens is 248 g/mol. The highest BCUT2D eigenvalue weighted by Gasteiger charge is 2.20. The number of aliphatic hydroxyl groups is 1. The molecule has 2 aliphatic rings. The number of aliphatic hydroxyl groups excluding tert-OH is 1. The second kappa shape index (κ2) is 12.6. The van der Waals surface area contributed by atoms with Crippen LogP contribution in [0.1, 0.15) is 66.2 Å². The lowest BCUT2D eigenvalue weighted by Crippen LogP contribution is -2.37. The third-order valence-electron chi connectivity index (χ3n) is 4.28. The summed E-state index contributed by atoms with van der Waals surface area (Å²) in [5.41, 5.74) is 0. The molecule has 0 bridgehead atoms. The van der Waals surface area contributed by atoms with Gasteiger partial charge < -0.3 is 14.9 Å². The molecule has 0 aromatic carbocycles. The van der Waals surface area contributed by atoms with E-state index in [1.165, 1.54) is 32.2 Å². The molecular formula is C17H38N2O. The molecule has 122 valence electrons. The smallest absolute Gasteiger partial charge is 0.0564 e. The molecule has 0 aromatic heterocycles. The van der Waals surface area contributed by atoms with Crippen LogP contribution in [0.4, 0.5) is 0 Å². The van der Waals surface area contributed by atoms with Crippen molar-refractivity contribution in [3.63, 3.8) is 0 Å². The van der Waals surface area contributed by atoms with Gasteiger partial charge in [0.05, 0.1) is 6.10 Å². The van der Waals surface area contributed by atoms with Gasteiger partial charge >= 0.3 is 0 Å². The molecule has 1 aliphatic carbocycles. The molecule has 2 rings (SSSR count). The number of hydrogen-bond acceptors (Lipinski definition) is 3. The lowest BCUT2D eigenvalue weighted by atomic mass is 9.92. The summed E-state index contributed by atoms with van der Waals surface area (Å²) < 4.78 is 0. The molecule has 1 aliphatic heterocycles. The van der Waals surface area contributed by atoms with Crippen LogP contribution in [0.2, 0.25) is 0 Å². The summed E-state index contributed by atoms with van der Waals surface area (Å²) in [6.07, 6.45) is 7.55. The van der Waals surface area contributed by atoms with Crippen molar-refractivity contribution in [2.45, 2.75) is 78.4 Å². The third kappa shape index (κ3) is 8.23. The first-order valence-corrected chi connectivity index (χ1v) is 8.78. The van der Waals surface area contributed by atoms with E-state index in [2.05, 4.69) is 30.7 Å². The minimum atomic E-state index is -0.0206. The number of likely N-dealkylation sites (tertiary alicyclic amines) is 1. The van der Waals surface area contributed by atoms with Gasteiger partial charge in [-0.1, -0.05) is 34.1 Å². The summed E-state index contributed by atoms with van der Waals surface area (Å²) in [5, 5.41) is 9.10. The zero-order valence-corrected chi connectivity index (χ0v) is 14.6. The second-order valence-corrected chi connectivity index (χ2v) is 5.73. The van der Waals surface area contributed by atoms with Gasteiger partial charge in [0.15, 0.2) is 0 Å². The Morgan fingerprint density at radius 3 is 1.95 bits per heavy atom. The molecule has 20 heavy (non-hydrogen) atoms. The van der Waals surface area contributed by atoms with Gasteiger partial charge in [-0.15, -0.1) is 0 Å². The molecule has 1 saturated heterocycles. The van der Waals surface area contributed by atoms with Crippen molar-refractivity contribution in [1.82, 2.24) is 9.80 Å². The lowest BCUT2D eigenvalue weighted by Gasteiger charge is -2.34. The van der Waals surface area contributed by atoms with Crippen molar-refractivity contribution < 1.29 is 5.11 Å². The van der Waals surface area contributed by atoms with Crippen LogP contribution in [0.25, 0.3) is 0 Å². The van der Waals surface area contributed by atoms with Crippen molar-refractivity contribution in [3.8, 4) is 0 Å². The van der Waals surface area contributed by atoms with Crippen molar-refractivity contribution in [3.05, 3.63) is 0 Å². The fourth-order valence-electron chi connectivity index (χ4n) is 2.60. The highest BCUT2D eigenvalue weighted by Crippen LogP contribution is 2.23. The SMILES string of the molecule is CC.CCCN(C)C1CCC1.CCN1CCC(O)CC1. The number of piperidine rings is 1. The molecule has 2 fully saturated rings. The van der Waals surface area contributed by atoms with E-state index in [0.29, 0.717) is 0 Å². The first-order chi connectivity index (χ1) is 9.67. The van der Waals surface area contributed by atoms with Crippen molar-refractivity contribution in [2.24, 2.45) is 0 Å². The van der Waals surface area contributed by atoms with E-state index >= 15 is 0 Å². The average Bonchev–Trinajstić information content (AvgIpc) is 2.41. The Balaban J connectivity index is 0.000000321. The van der Waals surface area contributed by atoms with E-state index < -0.39 is 0 Å². The molecule has 3 heteroatoms. The van der Waals surface area contributed by atoms with Gasteiger partial charge in [0.2, 0.25) is 0 Å². The Kier molecular flexibility index (Phi) is 12.5. The first-order valence-electron chi connectivity index (χ1n) is 8.78. The Morgan fingerprint density at radius 1 is 1.05 bits per heavy atom. The van der Waals surface area contributed by atoms with Crippen LogP contribution < -0.4 is 0 Å². The van der Waals surface area contributed by atoms with Gasteiger partial charge in [-0.3, -0.25) is 0 Å². The molecule has 0 aromatic rings. The molecule has 0 atom stereocenters. The van der Waals surface area contributed by atoms with Crippen LogP contribution in [-0.4, -0.2) is 60.3 Å². The first kappa shape index (κ1) is 19.9. The highest BCUT2D eigenvalue weighted by atomic mass is 16.3. The molecule has 1 saturated carbocycles. The van der Waals surface area contributed by atoms with Gasteiger partial charge in [-0.05, 0) is 52.2 Å². The Hall–Kier alpha value is -0.120. The summed E-state index contributed by atoms with van der Waals surface area (Å²) in [6.45, 7) is 13.0. The number of nitrogens with zero attached hydrogens (tertiary/aromatic N) is 2. The predicted octanol–water partition coefficient (Wildman–Crippen LogP) is 3.37. The fraction of sp³-hybridized carbons (Fsp3) is 1.00. The van der Waals surface area contributed by atoms with Crippen LogP contribution in [0.3, 0.4) is 0 Å². The quantitative estimate of drug-likeness (QED) is 0.858. The van der Waals surface area contributed by atoms with E-state index in [1.807, 2.05) is 13.8 Å². The third-order valence-corrected chi connectivity index (χ3v) is 4.28. The van der Waals surface area contributed by atoms with Gasteiger partial charge in [-0.2, -0.15) is 0 Å². The zero-order chi connectivity index (χ0) is 15.4. The zero-order valence-electron chi connectivity index (χ0n) is 14.6. The van der Waals surface area contributed by atoms with Crippen LogP contribution >= 0.6 is 0 Å². The van der Waals surface area contributed by atoms with Crippen LogP contribution in [-0.2, 0) is 0 Å². The standard InChI is InChI=1S/C8H17N.C7H15NO.C2H6/c1-3-7-9(2)8-5-4-6-8;1-2-8-5-3-7(9)4-6-8;1-2/h8H,3-7H2,1-2H3;7,9H,2-6H2,1H3;1-2H3. The number of hydrogen-bond donors (Lipinski definition) is 1. The molecule has 1 heterocycles. The molecule has 1 N–H and O–H groups in total. The van der Waals surface area contributed by atoms with Crippen molar-refractivity contribution >= 4 is 0 Å². The van der Waals surface area contributed by atoms with Crippen molar-refractivity contribution in [1.29, 1.82) is 0 Å². The van der Waals surface area contributed by atoms with Crippen molar-refractivity contribution in [2.75, 3.05) is 33.2 Å². The molecule has 0 unspecified atom stereocenters.